The van der Waals surface area contributed by atoms with E-state index in [1.807, 2.05) is 0 Å². The van der Waals surface area contributed by atoms with Crippen molar-refractivity contribution in [3.63, 3.8) is 0 Å². The van der Waals surface area contributed by atoms with Crippen LogP contribution in [-0.4, -0.2) is 92.9 Å². The van der Waals surface area contributed by atoms with E-state index in [0.717, 1.165) is 78.9 Å². The summed E-state index contributed by atoms with van der Waals surface area (Å²) in [5.41, 5.74) is 0. The van der Waals surface area contributed by atoms with E-state index >= 15 is 0 Å². The first-order chi connectivity index (χ1) is 19.3. The molecule has 6 nitrogen and oxygen atoms in total. The Morgan fingerprint density at radius 1 is 0.462 bits per heavy atom. The van der Waals surface area contributed by atoms with Gasteiger partial charge in [0.05, 0.1) is 78.9 Å². The molecule has 0 atom stereocenters. The molecule has 3 fully saturated rings. The normalized spacial score (nSPS) is 20.7. The molecule has 0 radical (unpaired) electrons. The van der Waals surface area contributed by atoms with Gasteiger partial charge in [-0.05, 0) is 15.9 Å². The lowest BCUT2D eigenvalue weighted by atomic mass is 10.4. The quantitative estimate of drug-likeness (QED) is 0.382. The topological polar surface area (TPSA) is 37.4 Å². The maximum atomic E-state index is 5.95. The van der Waals surface area contributed by atoms with Crippen molar-refractivity contribution in [3.05, 3.63) is 91.0 Å². The second-order valence-corrected chi connectivity index (χ2v) is 21.3. The number of nitrogens with zero attached hydrogens (tertiary/aromatic N) is 3. The average Bonchev–Trinajstić information content (AvgIpc) is 3.04. The van der Waals surface area contributed by atoms with Gasteiger partial charge in [0.2, 0.25) is 0 Å². The van der Waals surface area contributed by atoms with Gasteiger partial charge >= 0.3 is 0 Å². The van der Waals surface area contributed by atoms with E-state index in [2.05, 4.69) is 105 Å². The molecular formula is C30H39N3O3P3+. The third-order valence-corrected chi connectivity index (χ3v) is 25.3. The highest BCUT2D eigenvalue weighted by Gasteiger charge is 2.59. The summed E-state index contributed by atoms with van der Waals surface area (Å²) in [5.74, 6) is 0. The van der Waals surface area contributed by atoms with E-state index in [1.165, 1.54) is 23.5 Å². The summed E-state index contributed by atoms with van der Waals surface area (Å²) in [4.78, 5) is 0. The molecular weight excluding hydrogens is 543 g/mol. The molecule has 0 spiro atoms. The number of morpholine rings is 3. The minimum absolute atomic E-state index is 0.791. The fraction of sp³-hybridized carbons (Fsp3) is 0.400. The molecule has 3 aromatic rings. The van der Waals surface area contributed by atoms with Gasteiger partial charge in [0.25, 0.3) is 7.40 Å². The number of rotatable bonds is 7. The predicted octanol–water partition coefficient (Wildman–Crippen LogP) is 4.52. The number of hydrogen-bond donors (Lipinski definition) is 0. The van der Waals surface area contributed by atoms with Crippen LogP contribution in [0.1, 0.15) is 0 Å². The van der Waals surface area contributed by atoms with Crippen molar-refractivity contribution in [1.82, 2.24) is 14.0 Å². The number of benzene rings is 3. The van der Waals surface area contributed by atoms with Gasteiger partial charge in [-0.25, -0.2) is 0 Å². The van der Waals surface area contributed by atoms with Crippen LogP contribution in [0.15, 0.2) is 91.0 Å². The Bertz CT molecular complexity index is 1080. The van der Waals surface area contributed by atoms with E-state index < -0.39 is 14.0 Å². The summed E-state index contributed by atoms with van der Waals surface area (Å²) in [6, 6.07) is 34.1. The largest absolute Gasteiger partial charge is 0.378 e. The molecule has 206 valence electrons. The van der Waals surface area contributed by atoms with E-state index in [0.29, 0.717) is 0 Å². The van der Waals surface area contributed by atoms with E-state index in [4.69, 9.17) is 14.2 Å². The molecule has 3 aliphatic rings. The summed E-state index contributed by atoms with van der Waals surface area (Å²) in [5, 5.41) is 4.34. The van der Waals surface area contributed by atoms with Crippen molar-refractivity contribution in [1.29, 1.82) is 0 Å². The average molecular weight is 583 g/mol. The van der Waals surface area contributed by atoms with Crippen LogP contribution in [0.25, 0.3) is 0 Å². The van der Waals surface area contributed by atoms with Crippen LogP contribution < -0.4 is 15.9 Å². The van der Waals surface area contributed by atoms with E-state index in [9.17, 15) is 0 Å². The molecule has 9 heteroatoms. The first kappa shape index (κ1) is 27.7. The van der Waals surface area contributed by atoms with E-state index in [-0.39, 0.29) is 0 Å². The van der Waals surface area contributed by atoms with Crippen molar-refractivity contribution in [2.45, 2.75) is 0 Å². The predicted molar refractivity (Wildman–Crippen MR) is 166 cm³/mol. The van der Waals surface area contributed by atoms with Crippen molar-refractivity contribution in [2.75, 3.05) is 78.9 Å². The molecule has 0 N–H and O–H groups in total. The van der Waals surface area contributed by atoms with Crippen LogP contribution in [0.5, 0.6) is 0 Å². The fourth-order valence-corrected chi connectivity index (χ4v) is 27.7. The molecule has 0 aromatic heterocycles. The van der Waals surface area contributed by atoms with Crippen LogP contribution in [0.3, 0.4) is 0 Å². The molecule has 0 saturated carbocycles. The standard InChI is InChI=1S/C30H39N3O3P3/c1-4-10-28(11-5-1)38(29-12-6-2-7-13-29,30-14-8-3-9-15-30)37-39(31-16-22-34-23-17-31,32-18-24-35-25-19-32)33-20-26-36-27-21-33/h1-15H,16-27H2/q+1. The lowest BCUT2D eigenvalue weighted by molar-refractivity contribution is 0.0385. The Labute approximate surface area is 235 Å². The third-order valence-electron chi connectivity index (χ3n) is 7.74. The molecule has 0 aliphatic carbocycles. The molecule has 3 aromatic carbocycles. The Morgan fingerprint density at radius 2 is 0.744 bits per heavy atom. The first-order valence-corrected chi connectivity index (χ1v) is 19.8. The lowest BCUT2D eigenvalue weighted by Crippen LogP contribution is -2.52. The zero-order valence-electron chi connectivity index (χ0n) is 22.6. The molecule has 0 unspecified atom stereocenters. The maximum Gasteiger partial charge on any atom is 0.279 e. The highest BCUT2D eigenvalue weighted by Crippen LogP contribution is 2.84. The molecule has 3 heterocycles. The van der Waals surface area contributed by atoms with Crippen LogP contribution in [0, 0.1) is 0 Å². The third kappa shape index (κ3) is 5.57. The molecule has 3 aliphatic heterocycles. The maximum absolute atomic E-state index is 5.95. The van der Waals surface area contributed by atoms with Crippen LogP contribution >= 0.6 is 21.5 Å². The van der Waals surface area contributed by atoms with Gasteiger partial charge in [-0.15, -0.1) is 14.0 Å². The highest BCUT2D eigenvalue weighted by molar-refractivity contribution is 8.47. The molecule has 3 saturated heterocycles. The second kappa shape index (κ2) is 13.0. The zero-order chi connectivity index (χ0) is 26.4. The Balaban J connectivity index is 1.72. The molecule has 6 rings (SSSR count). The zero-order valence-corrected chi connectivity index (χ0v) is 25.2. The summed E-state index contributed by atoms with van der Waals surface area (Å²) >= 11 is 0. The first-order valence-electron chi connectivity index (χ1n) is 14.0. The van der Waals surface area contributed by atoms with Crippen LogP contribution in [-0.2, 0) is 14.2 Å². The molecule has 0 bridgehead atoms. The lowest BCUT2D eigenvalue weighted by Gasteiger charge is -2.49. The fourth-order valence-electron chi connectivity index (χ4n) is 5.89. The minimum Gasteiger partial charge on any atom is -0.378 e. The molecule has 39 heavy (non-hydrogen) atoms. The summed E-state index contributed by atoms with van der Waals surface area (Å²) in [6.07, 6.45) is 0. The van der Waals surface area contributed by atoms with E-state index in [1.54, 1.807) is 0 Å². The monoisotopic (exact) mass is 582 g/mol. The smallest absolute Gasteiger partial charge is 0.279 e. The van der Waals surface area contributed by atoms with Crippen molar-refractivity contribution < 1.29 is 14.2 Å². The van der Waals surface area contributed by atoms with Gasteiger partial charge < -0.3 is 14.2 Å². The van der Waals surface area contributed by atoms with Gasteiger partial charge in [0.15, 0.2) is 7.56 Å². The van der Waals surface area contributed by atoms with Gasteiger partial charge in [-0.2, -0.15) is 0 Å². The van der Waals surface area contributed by atoms with Crippen LogP contribution in [0.2, 0.25) is 0 Å². The van der Waals surface area contributed by atoms with Crippen molar-refractivity contribution >= 4 is 37.4 Å². The van der Waals surface area contributed by atoms with Gasteiger partial charge in [0, 0.05) is 6.55 Å². The minimum atomic E-state index is -2.10. The van der Waals surface area contributed by atoms with Crippen molar-refractivity contribution in [2.24, 2.45) is 0 Å². The Morgan fingerprint density at radius 3 is 1.03 bits per heavy atom. The van der Waals surface area contributed by atoms with Crippen LogP contribution in [0.4, 0.5) is 0 Å². The Kier molecular flexibility index (Phi) is 9.28. The second-order valence-electron chi connectivity index (χ2n) is 9.97. The van der Waals surface area contributed by atoms with Gasteiger partial charge in [-0.1, -0.05) is 91.0 Å². The molecule has 0 amide bonds. The van der Waals surface area contributed by atoms with Gasteiger partial charge in [-0.3, -0.25) is 0 Å². The number of ether oxygens (including phenoxy) is 3. The Hall–Kier alpha value is -1.42. The summed E-state index contributed by atoms with van der Waals surface area (Å²) in [7, 11) is -0.554. The van der Waals surface area contributed by atoms with Crippen molar-refractivity contribution in [3.8, 4) is 0 Å². The number of hydrogen-bond acceptors (Lipinski definition) is 6. The highest BCUT2D eigenvalue weighted by atomic mass is 32.3. The van der Waals surface area contributed by atoms with Gasteiger partial charge in [0.1, 0.15) is 0 Å². The SMILES string of the molecule is c1ccc(P(=P[P+](N2CCOCC2)(N2CCOCC2)N2CCOCC2)(c2ccccc2)c2ccccc2)cc1. The summed E-state index contributed by atoms with van der Waals surface area (Å²) < 4.78 is 26.4. The summed E-state index contributed by atoms with van der Waals surface area (Å²) in [6.45, 7) is 8.44.